The number of hydrogen-bond acceptors (Lipinski definition) is 6. The van der Waals surface area contributed by atoms with Crippen LogP contribution in [0.5, 0.6) is 0 Å². The van der Waals surface area contributed by atoms with Gasteiger partial charge in [-0.3, -0.25) is 4.98 Å². The van der Waals surface area contributed by atoms with E-state index >= 15 is 4.39 Å². The van der Waals surface area contributed by atoms with Crippen molar-refractivity contribution in [3.63, 3.8) is 0 Å². The quantitative estimate of drug-likeness (QED) is 0.255. The Labute approximate surface area is 223 Å². The molecule has 0 aliphatic carbocycles. The second kappa shape index (κ2) is 10.1. The maximum atomic E-state index is 15.4. The molecule has 0 unspecified atom stereocenters. The monoisotopic (exact) mass is 636 g/mol. The number of nitrogens with zero attached hydrogens (tertiary/aromatic N) is 3. The van der Waals surface area contributed by atoms with Gasteiger partial charge in [0.15, 0.2) is 0 Å². The number of amides is 1. The van der Waals surface area contributed by atoms with E-state index in [1.807, 2.05) is 0 Å². The Morgan fingerprint density at radius 3 is 2.22 bits per heavy atom. The third-order valence-corrected chi connectivity index (χ3v) is 5.43. The molecule has 3 aromatic rings. The molecule has 0 atom stereocenters. The van der Waals surface area contributed by atoms with E-state index in [1.54, 1.807) is 64.1 Å². The minimum Gasteiger partial charge on any atom is -0.444 e. The maximum absolute atomic E-state index is 15.4. The molecule has 2 aromatic heterocycles. The summed E-state index contributed by atoms with van der Waals surface area (Å²) in [5.41, 5.74) is -3.98. The summed E-state index contributed by atoms with van der Waals surface area (Å²) in [7, 11) is 0. The molecule has 3 rings (SSSR count). The van der Waals surface area contributed by atoms with Crippen molar-refractivity contribution in [2.75, 3.05) is 0 Å². The molecule has 37 heavy (non-hydrogen) atoms. The summed E-state index contributed by atoms with van der Waals surface area (Å²) in [4.78, 5) is 28.5. The minimum atomic E-state index is -4.95. The van der Waals surface area contributed by atoms with E-state index in [2.05, 4.69) is 15.4 Å². The average molecular weight is 636 g/mol. The smallest absolute Gasteiger partial charge is 0.435 e. The molecule has 8 nitrogen and oxygen atoms in total. The lowest BCUT2D eigenvalue weighted by molar-refractivity contribution is -0.137. The molecule has 0 radical (unpaired) electrons. The molecule has 200 valence electrons. The predicted molar refractivity (Wildman–Crippen MR) is 135 cm³/mol. The Bertz CT molecular complexity index is 1360. The number of alkyl halides is 3. The SMILES string of the molecule is CC(C)(C)OC(=O)NCc1cc(F)c(-c2cncc3c2c(I)nn3C(=O)OC(C)(C)C)c(C(F)(F)F)c1. The summed E-state index contributed by atoms with van der Waals surface area (Å²) in [6.45, 7) is 9.43. The first-order chi connectivity index (χ1) is 16.9. The Balaban J connectivity index is 2.12. The first-order valence-electron chi connectivity index (χ1n) is 11.0. The molecule has 2 heterocycles. The number of fused-ring (bicyclic) bond motifs is 1. The van der Waals surface area contributed by atoms with Crippen LogP contribution in [0.25, 0.3) is 22.0 Å². The second-order valence-corrected chi connectivity index (χ2v) is 11.1. The molecule has 0 bridgehead atoms. The van der Waals surface area contributed by atoms with Crippen molar-refractivity contribution in [3.05, 3.63) is 45.2 Å². The van der Waals surface area contributed by atoms with Crippen molar-refractivity contribution in [1.29, 1.82) is 0 Å². The highest BCUT2D eigenvalue weighted by Gasteiger charge is 2.37. The maximum Gasteiger partial charge on any atom is 0.435 e. The lowest BCUT2D eigenvalue weighted by Crippen LogP contribution is -2.32. The van der Waals surface area contributed by atoms with E-state index < -0.39 is 53.1 Å². The molecule has 0 aliphatic rings. The van der Waals surface area contributed by atoms with Gasteiger partial charge in [-0.15, -0.1) is 0 Å². The van der Waals surface area contributed by atoms with Crippen LogP contribution in [0.4, 0.5) is 27.2 Å². The van der Waals surface area contributed by atoms with Crippen LogP contribution in [0.1, 0.15) is 52.7 Å². The number of halogens is 5. The van der Waals surface area contributed by atoms with E-state index in [1.165, 1.54) is 6.20 Å². The molecule has 0 spiro atoms. The Hall–Kier alpha value is -2.97. The lowest BCUT2D eigenvalue weighted by atomic mass is 9.95. The third kappa shape index (κ3) is 6.87. The molecule has 0 saturated heterocycles. The second-order valence-electron chi connectivity index (χ2n) is 10.1. The van der Waals surface area contributed by atoms with Crippen LogP contribution in [0.15, 0.2) is 24.5 Å². The lowest BCUT2D eigenvalue weighted by Gasteiger charge is -2.20. The van der Waals surface area contributed by atoms with Crippen molar-refractivity contribution in [1.82, 2.24) is 20.1 Å². The summed E-state index contributed by atoms with van der Waals surface area (Å²) in [5, 5.41) is 6.52. The molecule has 1 amide bonds. The number of benzene rings is 1. The molecule has 0 fully saturated rings. The van der Waals surface area contributed by atoms with Crippen LogP contribution in [0.2, 0.25) is 0 Å². The summed E-state index contributed by atoms with van der Waals surface area (Å²) in [6.07, 6.45) is -4.35. The van der Waals surface area contributed by atoms with Crippen molar-refractivity contribution in [2.45, 2.75) is 65.5 Å². The van der Waals surface area contributed by atoms with Gasteiger partial charge < -0.3 is 14.8 Å². The van der Waals surface area contributed by atoms with Gasteiger partial charge in [0.1, 0.15) is 26.2 Å². The standard InChI is InChI=1S/C24H25F4IN4O4/c1-22(2,3)36-20(34)31-9-12-7-14(24(26,27)28)17(15(25)8-12)13-10-30-11-16-18(13)19(29)32-33(16)21(35)37-23(4,5)6/h7-8,10-11H,9H2,1-6H3,(H,31,34). The van der Waals surface area contributed by atoms with Gasteiger partial charge in [-0.05, 0) is 81.8 Å². The Morgan fingerprint density at radius 1 is 1.03 bits per heavy atom. The fraction of sp³-hybridized carbons (Fsp3) is 0.417. The van der Waals surface area contributed by atoms with Gasteiger partial charge in [0.25, 0.3) is 0 Å². The number of carbonyl (C=O) groups is 2. The zero-order valence-electron chi connectivity index (χ0n) is 20.9. The highest BCUT2D eigenvalue weighted by Crippen LogP contribution is 2.42. The number of rotatable bonds is 3. The normalized spacial score (nSPS) is 12.5. The molecule has 13 heteroatoms. The van der Waals surface area contributed by atoms with Crippen LogP contribution in [-0.2, 0) is 22.2 Å². The van der Waals surface area contributed by atoms with E-state index in [4.69, 9.17) is 9.47 Å². The van der Waals surface area contributed by atoms with Gasteiger partial charge >= 0.3 is 18.4 Å². The largest absolute Gasteiger partial charge is 0.444 e. The van der Waals surface area contributed by atoms with E-state index in [-0.39, 0.29) is 25.7 Å². The highest BCUT2D eigenvalue weighted by atomic mass is 127. The Morgan fingerprint density at radius 2 is 1.65 bits per heavy atom. The van der Waals surface area contributed by atoms with Gasteiger partial charge in [-0.25, -0.2) is 14.0 Å². The van der Waals surface area contributed by atoms with Crippen molar-refractivity contribution in [2.24, 2.45) is 0 Å². The zero-order valence-corrected chi connectivity index (χ0v) is 23.0. The van der Waals surface area contributed by atoms with Crippen LogP contribution in [0, 0.1) is 9.52 Å². The summed E-state index contributed by atoms with van der Waals surface area (Å²) < 4.78 is 69.2. The number of pyridine rings is 1. The van der Waals surface area contributed by atoms with Crippen molar-refractivity contribution >= 4 is 45.7 Å². The zero-order chi connectivity index (χ0) is 27.9. The van der Waals surface area contributed by atoms with E-state index in [0.717, 1.165) is 23.0 Å². The van der Waals surface area contributed by atoms with Crippen LogP contribution in [0.3, 0.4) is 0 Å². The number of hydrogen-bond donors (Lipinski definition) is 1. The fourth-order valence-corrected chi connectivity index (χ4v) is 4.19. The molecule has 0 aliphatic heterocycles. The topological polar surface area (TPSA) is 95.3 Å². The van der Waals surface area contributed by atoms with Crippen molar-refractivity contribution < 1.29 is 36.6 Å². The van der Waals surface area contributed by atoms with Crippen LogP contribution in [-0.4, -0.2) is 38.2 Å². The number of ether oxygens (including phenoxy) is 2. The first kappa shape index (κ1) is 28.6. The highest BCUT2D eigenvalue weighted by molar-refractivity contribution is 14.1. The molecule has 0 saturated carbocycles. The van der Waals surface area contributed by atoms with Crippen LogP contribution < -0.4 is 5.32 Å². The summed E-state index contributed by atoms with van der Waals surface area (Å²) >= 11 is 1.75. The van der Waals surface area contributed by atoms with Gasteiger partial charge in [0.2, 0.25) is 0 Å². The number of alkyl carbamates (subject to hydrolysis) is 1. The minimum absolute atomic E-state index is 0.0549. The number of carbonyl (C=O) groups excluding carboxylic acids is 2. The molecule has 1 aromatic carbocycles. The fourth-order valence-electron chi connectivity index (χ4n) is 3.40. The predicted octanol–water partition coefficient (Wildman–Crippen LogP) is 6.67. The Kier molecular flexibility index (Phi) is 7.78. The van der Waals surface area contributed by atoms with Gasteiger partial charge in [-0.1, -0.05) is 0 Å². The summed E-state index contributed by atoms with van der Waals surface area (Å²) in [5.74, 6) is -1.19. The van der Waals surface area contributed by atoms with E-state index in [0.29, 0.717) is 0 Å². The molecule has 1 N–H and O–H groups in total. The van der Waals surface area contributed by atoms with Crippen LogP contribution >= 0.6 is 22.6 Å². The molecular formula is C24H25F4IN4O4. The van der Waals surface area contributed by atoms with Crippen molar-refractivity contribution in [3.8, 4) is 11.1 Å². The van der Waals surface area contributed by atoms with Gasteiger partial charge in [-0.2, -0.15) is 23.0 Å². The molecular weight excluding hydrogens is 611 g/mol. The number of nitrogens with one attached hydrogen (secondary N) is 1. The average Bonchev–Trinajstić information content (AvgIpc) is 3.06. The first-order valence-corrected chi connectivity index (χ1v) is 12.1. The van der Waals surface area contributed by atoms with Gasteiger partial charge in [0, 0.05) is 29.3 Å². The van der Waals surface area contributed by atoms with E-state index in [9.17, 15) is 22.8 Å². The van der Waals surface area contributed by atoms with Gasteiger partial charge in [0.05, 0.1) is 11.8 Å². The third-order valence-electron chi connectivity index (χ3n) is 4.68. The number of aromatic nitrogens is 3. The summed E-state index contributed by atoms with van der Waals surface area (Å²) in [6, 6.07) is 1.64.